The maximum Gasteiger partial charge on any atom is 0.307 e. The Labute approximate surface area is 87.7 Å². The molecule has 1 aliphatic rings. The van der Waals surface area contributed by atoms with Gasteiger partial charge in [0.1, 0.15) is 0 Å². The van der Waals surface area contributed by atoms with Crippen molar-refractivity contribution in [2.75, 3.05) is 25.6 Å². The lowest BCUT2D eigenvalue weighted by Gasteiger charge is -2.15. The van der Waals surface area contributed by atoms with Crippen molar-refractivity contribution in [2.45, 2.75) is 6.42 Å². The van der Waals surface area contributed by atoms with Crippen LogP contribution in [0.25, 0.3) is 0 Å². The molecule has 0 aliphatic heterocycles. The first-order chi connectivity index (χ1) is 6.57. The summed E-state index contributed by atoms with van der Waals surface area (Å²) in [6.07, 6.45) is 2.49. The Hall–Kier alpha value is -0.710. The van der Waals surface area contributed by atoms with Crippen LogP contribution < -0.4 is 0 Å². The first-order valence-electron chi connectivity index (χ1n) is 4.54. The molecule has 0 aromatic carbocycles. The fourth-order valence-corrected chi connectivity index (χ4v) is 1.82. The zero-order valence-corrected chi connectivity index (χ0v) is 9.21. The Morgan fingerprint density at radius 1 is 1.50 bits per heavy atom. The fourth-order valence-electron chi connectivity index (χ4n) is 1.36. The van der Waals surface area contributed by atoms with E-state index in [2.05, 4.69) is 0 Å². The Kier molecular flexibility index (Phi) is 3.80. The van der Waals surface area contributed by atoms with Gasteiger partial charge in [0.2, 0.25) is 5.91 Å². The summed E-state index contributed by atoms with van der Waals surface area (Å²) in [7, 11) is 1.73. The molecule has 1 saturated carbocycles. The van der Waals surface area contributed by atoms with Gasteiger partial charge < -0.3 is 10.0 Å². The minimum Gasteiger partial charge on any atom is -0.481 e. The van der Waals surface area contributed by atoms with E-state index in [1.165, 1.54) is 0 Å². The Bertz CT molecular complexity index is 244. The quantitative estimate of drug-likeness (QED) is 0.729. The Morgan fingerprint density at radius 3 is 2.57 bits per heavy atom. The van der Waals surface area contributed by atoms with Crippen LogP contribution in [0.5, 0.6) is 0 Å². The molecular formula is C9H15NO3S. The van der Waals surface area contributed by atoms with E-state index in [4.69, 9.17) is 5.11 Å². The average molecular weight is 217 g/mol. The molecule has 0 unspecified atom stereocenters. The smallest absolute Gasteiger partial charge is 0.307 e. The highest BCUT2D eigenvalue weighted by Gasteiger charge is 2.49. The number of hydrogen-bond donors (Lipinski definition) is 1. The largest absolute Gasteiger partial charge is 0.481 e. The van der Waals surface area contributed by atoms with E-state index in [0.29, 0.717) is 13.0 Å². The minimum atomic E-state index is -0.846. The zero-order valence-electron chi connectivity index (χ0n) is 8.40. The van der Waals surface area contributed by atoms with Crippen LogP contribution in [0.3, 0.4) is 0 Å². The maximum atomic E-state index is 11.6. The number of carbonyl (C=O) groups is 2. The molecule has 0 bridgehead atoms. The van der Waals surface area contributed by atoms with Gasteiger partial charge in [0.25, 0.3) is 0 Å². The number of aliphatic carboxylic acids is 1. The molecule has 0 aromatic rings. The molecule has 1 aliphatic carbocycles. The minimum absolute atomic E-state index is 0.0218. The molecule has 2 atom stereocenters. The molecule has 1 amide bonds. The van der Waals surface area contributed by atoms with Crippen LogP contribution >= 0.6 is 11.8 Å². The standard InChI is InChI=1S/C9H15NO3S/c1-10(3-4-14-2)8(11)6-5-7(6)9(12)13/h6-7H,3-5H2,1-2H3,(H,12,13)/t6-,7+/m1/s1. The Balaban J connectivity index is 2.32. The van der Waals surface area contributed by atoms with Crippen molar-refractivity contribution in [2.24, 2.45) is 11.8 Å². The highest BCUT2D eigenvalue weighted by atomic mass is 32.2. The highest BCUT2D eigenvalue weighted by Crippen LogP contribution is 2.39. The normalized spacial score (nSPS) is 24.4. The summed E-state index contributed by atoms with van der Waals surface area (Å²) in [6, 6.07) is 0. The molecule has 0 saturated heterocycles. The van der Waals surface area contributed by atoms with Crippen LogP contribution in [0.1, 0.15) is 6.42 Å². The SMILES string of the molecule is CSCCN(C)C(=O)[C@@H]1C[C@@H]1C(=O)O. The van der Waals surface area contributed by atoms with E-state index in [1.54, 1.807) is 23.7 Å². The lowest BCUT2D eigenvalue weighted by Crippen LogP contribution is -2.31. The molecule has 1 N–H and O–H groups in total. The third-order valence-electron chi connectivity index (χ3n) is 2.43. The van der Waals surface area contributed by atoms with Crippen molar-refractivity contribution in [3.8, 4) is 0 Å². The van der Waals surface area contributed by atoms with Gasteiger partial charge in [-0.15, -0.1) is 0 Å². The number of hydrogen-bond acceptors (Lipinski definition) is 3. The van der Waals surface area contributed by atoms with Crippen molar-refractivity contribution in [3.05, 3.63) is 0 Å². The van der Waals surface area contributed by atoms with Crippen LogP contribution in [-0.2, 0) is 9.59 Å². The van der Waals surface area contributed by atoms with Crippen LogP contribution in [0.2, 0.25) is 0 Å². The number of amides is 1. The van der Waals surface area contributed by atoms with E-state index in [0.717, 1.165) is 5.75 Å². The summed E-state index contributed by atoms with van der Waals surface area (Å²) < 4.78 is 0. The summed E-state index contributed by atoms with van der Waals surface area (Å²) in [5, 5.41) is 8.66. The fraction of sp³-hybridized carbons (Fsp3) is 0.778. The number of nitrogens with zero attached hydrogens (tertiary/aromatic N) is 1. The summed E-state index contributed by atoms with van der Waals surface area (Å²) in [6.45, 7) is 0.697. The number of carbonyl (C=O) groups excluding carboxylic acids is 1. The second-order valence-electron chi connectivity index (χ2n) is 3.54. The maximum absolute atomic E-state index is 11.6. The van der Waals surface area contributed by atoms with Gasteiger partial charge >= 0.3 is 5.97 Å². The molecule has 1 rings (SSSR count). The predicted octanol–water partition coefficient (Wildman–Crippen LogP) is 0.529. The predicted molar refractivity (Wildman–Crippen MR) is 55.3 cm³/mol. The molecule has 1 fully saturated rings. The van der Waals surface area contributed by atoms with Crippen LogP contribution in [-0.4, -0.2) is 47.5 Å². The van der Waals surface area contributed by atoms with Crippen molar-refractivity contribution >= 4 is 23.6 Å². The average Bonchev–Trinajstić information content (AvgIpc) is 2.92. The van der Waals surface area contributed by atoms with Gasteiger partial charge in [0, 0.05) is 19.3 Å². The monoisotopic (exact) mass is 217 g/mol. The van der Waals surface area contributed by atoms with Gasteiger partial charge in [-0.1, -0.05) is 0 Å². The molecule has 0 heterocycles. The molecule has 80 valence electrons. The summed E-state index contributed by atoms with van der Waals surface area (Å²) in [5.41, 5.74) is 0. The Morgan fingerprint density at radius 2 is 2.14 bits per heavy atom. The summed E-state index contributed by atoms with van der Waals surface area (Å²) in [4.78, 5) is 23.7. The van der Waals surface area contributed by atoms with Gasteiger partial charge in [0.05, 0.1) is 11.8 Å². The van der Waals surface area contributed by atoms with Crippen molar-refractivity contribution in [3.63, 3.8) is 0 Å². The van der Waals surface area contributed by atoms with Crippen molar-refractivity contribution < 1.29 is 14.7 Å². The van der Waals surface area contributed by atoms with Crippen LogP contribution in [0, 0.1) is 11.8 Å². The van der Waals surface area contributed by atoms with Gasteiger partial charge in [-0.05, 0) is 12.7 Å². The number of thioether (sulfide) groups is 1. The molecule has 0 aromatic heterocycles. The number of rotatable bonds is 5. The van der Waals surface area contributed by atoms with Gasteiger partial charge in [-0.2, -0.15) is 11.8 Å². The summed E-state index contributed by atoms with van der Waals surface area (Å²) >= 11 is 1.68. The van der Waals surface area contributed by atoms with E-state index in [-0.39, 0.29) is 11.8 Å². The molecule has 4 nitrogen and oxygen atoms in total. The first kappa shape index (κ1) is 11.4. The summed E-state index contributed by atoms with van der Waals surface area (Å²) in [5.74, 6) is -0.668. The molecule has 5 heteroatoms. The number of carboxylic acids is 1. The molecule has 0 radical (unpaired) electrons. The van der Waals surface area contributed by atoms with Gasteiger partial charge in [-0.3, -0.25) is 9.59 Å². The second-order valence-corrected chi connectivity index (χ2v) is 4.53. The third-order valence-corrected chi connectivity index (χ3v) is 3.02. The first-order valence-corrected chi connectivity index (χ1v) is 5.94. The topological polar surface area (TPSA) is 57.6 Å². The molecule has 14 heavy (non-hydrogen) atoms. The van der Waals surface area contributed by atoms with E-state index < -0.39 is 11.9 Å². The second kappa shape index (κ2) is 4.68. The molecule has 0 spiro atoms. The van der Waals surface area contributed by atoms with E-state index in [1.807, 2.05) is 6.26 Å². The molecular weight excluding hydrogens is 202 g/mol. The van der Waals surface area contributed by atoms with Gasteiger partial charge in [-0.25, -0.2) is 0 Å². The zero-order chi connectivity index (χ0) is 10.7. The number of carboxylic acid groups (broad SMARTS) is 1. The van der Waals surface area contributed by atoms with Crippen LogP contribution in [0.4, 0.5) is 0 Å². The third kappa shape index (κ3) is 2.64. The van der Waals surface area contributed by atoms with Crippen LogP contribution in [0.15, 0.2) is 0 Å². The van der Waals surface area contributed by atoms with Gasteiger partial charge in [0.15, 0.2) is 0 Å². The highest BCUT2D eigenvalue weighted by molar-refractivity contribution is 7.98. The van der Waals surface area contributed by atoms with Crippen molar-refractivity contribution in [1.82, 2.24) is 4.90 Å². The van der Waals surface area contributed by atoms with E-state index in [9.17, 15) is 9.59 Å². The van der Waals surface area contributed by atoms with E-state index >= 15 is 0 Å². The van der Waals surface area contributed by atoms with Crippen molar-refractivity contribution in [1.29, 1.82) is 0 Å². The lowest BCUT2D eigenvalue weighted by molar-refractivity contribution is -0.141. The lowest BCUT2D eigenvalue weighted by atomic mass is 10.3.